The number of aromatic nitrogens is 3. The summed E-state index contributed by atoms with van der Waals surface area (Å²) in [7, 11) is 0. The summed E-state index contributed by atoms with van der Waals surface area (Å²) in [5.74, 6) is 0.497. The largest absolute Gasteiger partial charge is 0.490 e. The predicted molar refractivity (Wildman–Crippen MR) is 118 cm³/mol. The van der Waals surface area contributed by atoms with Crippen molar-refractivity contribution in [3.05, 3.63) is 45.3 Å². The minimum absolute atomic E-state index is 0. The van der Waals surface area contributed by atoms with Crippen LogP contribution in [0.5, 0.6) is 5.75 Å². The molecule has 0 saturated carbocycles. The van der Waals surface area contributed by atoms with E-state index < -0.39 is 0 Å². The van der Waals surface area contributed by atoms with Crippen molar-refractivity contribution in [1.29, 1.82) is 0 Å². The SMILES string of the molecule is CCCCCOc1cccn2c(Cc3nc(C)c(C(=O)OCC)s3)c(C)nc12.Cl. The summed E-state index contributed by atoms with van der Waals surface area (Å²) in [6, 6.07) is 3.94. The van der Waals surface area contributed by atoms with Gasteiger partial charge in [-0.3, -0.25) is 0 Å². The van der Waals surface area contributed by atoms with Crippen LogP contribution in [0.2, 0.25) is 0 Å². The van der Waals surface area contributed by atoms with Gasteiger partial charge in [0.2, 0.25) is 0 Å². The van der Waals surface area contributed by atoms with Crippen LogP contribution in [0.15, 0.2) is 18.3 Å². The first-order valence-corrected chi connectivity index (χ1v) is 10.6. The molecular formula is C21H28ClN3O3S. The average molecular weight is 438 g/mol. The van der Waals surface area contributed by atoms with Crippen molar-refractivity contribution < 1.29 is 14.3 Å². The second-order valence-electron chi connectivity index (χ2n) is 6.68. The fourth-order valence-corrected chi connectivity index (χ4v) is 4.08. The molecule has 0 aliphatic rings. The highest BCUT2D eigenvalue weighted by atomic mass is 35.5. The molecule has 0 unspecified atom stereocenters. The number of carbonyl (C=O) groups is 1. The van der Waals surface area contributed by atoms with Crippen molar-refractivity contribution in [2.24, 2.45) is 0 Å². The number of pyridine rings is 1. The van der Waals surface area contributed by atoms with Crippen molar-refractivity contribution in [1.82, 2.24) is 14.4 Å². The van der Waals surface area contributed by atoms with Crippen LogP contribution < -0.4 is 4.74 Å². The molecule has 0 aliphatic carbocycles. The predicted octanol–water partition coefficient (Wildman–Crippen LogP) is 5.17. The van der Waals surface area contributed by atoms with Gasteiger partial charge in [-0.25, -0.2) is 14.8 Å². The molecule has 29 heavy (non-hydrogen) atoms. The summed E-state index contributed by atoms with van der Waals surface area (Å²) in [5.41, 5.74) is 3.53. The maximum absolute atomic E-state index is 12.1. The van der Waals surface area contributed by atoms with Gasteiger partial charge >= 0.3 is 5.97 Å². The van der Waals surface area contributed by atoms with E-state index in [1.807, 2.05) is 32.2 Å². The normalized spacial score (nSPS) is 10.8. The van der Waals surface area contributed by atoms with Gasteiger partial charge in [-0.2, -0.15) is 0 Å². The third-order valence-electron chi connectivity index (χ3n) is 4.54. The van der Waals surface area contributed by atoms with Gasteiger partial charge in [-0.15, -0.1) is 23.7 Å². The summed E-state index contributed by atoms with van der Waals surface area (Å²) in [5, 5.41) is 0.875. The Labute approximate surface area is 181 Å². The summed E-state index contributed by atoms with van der Waals surface area (Å²) < 4.78 is 13.1. The number of nitrogens with zero attached hydrogens (tertiary/aromatic N) is 3. The Bertz CT molecular complexity index is 968. The Morgan fingerprint density at radius 1 is 1.17 bits per heavy atom. The van der Waals surface area contributed by atoms with Crippen molar-refractivity contribution >= 4 is 35.4 Å². The van der Waals surface area contributed by atoms with E-state index in [0.29, 0.717) is 30.2 Å². The van der Waals surface area contributed by atoms with Crippen LogP contribution in [-0.4, -0.2) is 33.6 Å². The second kappa shape index (κ2) is 10.6. The fourth-order valence-electron chi connectivity index (χ4n) is 3.12. The monoisotopic (exact) mass is 437 g/mol. The number of aryl methyl sites for hydroxylation is 2. The average Bonchev–Trinajstić information content (AvgIpc) is 3.20. The molecule has 3 heterocycles. The summed E-state index contributed by atoms with van der Waals surface area (Å²) >= 11 is 1.39. The lowest BCUT2D eigenvalue weighted by atomic mass is 10.2. The zero-order valence-electron chi connectivity index (χ0n) is 17.4. The highest BCUT2D eigenvalue weighted by Gasteiger charge is 2.19. The van der Waals surface area contributed by atoms with E-state index in [2.05, 4.69) is 16.3 Å². The number of rotatable bonds is 9. The van der Waals surface area contributed by atoms with Crippen molar-refractivity contribution in [2.75, 3.05) is 13.2 Å². The van der Waals surface area contributed by atoms with Gasteiger partial charge in [-0.1, -0.05) is 19.8 Å². The molecule has 0 spiro atoms. The van der Waals surface area contributed by atoms with Crippen molar-refractivity contribution in [2.45, 2.75) is 53.4 Å². The molecule has 0 N–H and O–H groups in total. The minimum Gasteiger partial charge on any atom is -0.490 e. The molecular weight excluding hydrogens is 410 g/mol. The number of halogens is 1. The van der Waals surface area contributed by atoms with Gasteiger partial charge in [0.15, 0.2) is 11.4 Å². The maximum Gasteiger partial charge on any atom is 0.350 e. The number of unbranched alkanes of at least 4 members (excludes halogenated alkanes) is 2. The van der Waals surface area contributed by atoms with Crippen LogP contribution in [0.25, 0.3) is 5.65 Å². The number of fused-ring (bicyclic) bond motifs is 1. The van der Waals surface area contributed by atoms with E-state index in [-0.39, 0.29) is 18.4 Å². The molecule has 0 fully saturated rings. The highest BCUT2D eigenvalue weighted by Crippen LogP contribution is 2.26. The lowest BCUT2D eigenvalue weighted by Crippen LogP contribution is -2.03. The number of hydrogen-bond donors (Lipinski definition) is 0. The lowest BCUT2D eigenvalue weighted by Gasteiger charge is -2.07. The molecule has 3 rings (SSSR count). The molecule has 0 bridgehead atoms. The van der Waals surface area contributed by atoms with Crippen LogP contribution in [0.3, 0.4) is 0 Å². The molecule has 158 valence electrons. The molecule has 0 amide bonds. The number of hydrogen-bond acceptors (Lipinski definition) is 6. The third-order valence-corrected chi connectivity index (χ3v) is 5.68. The number of esters is 1. The smallest absolute Gasteiger partial charge is 0.350 e. The zero-order chi connectivity index (χ0) is 20.1. The molecule has 8 heteroatoms. The van der Waals surface area contributed by atoms with E-state index in [9.17, 15) is 4.79 Å². The lowest BCUT2D eigenvalue weighted by molar-refractivity contribution is 0.0531. The maximum atomic E-state index is 12.1. The molecule has 0 radical (unpaired) electrons. The zero-order valence-corrected chi connectivity index (χ0v) is 19.0. The topological polar surface area (TPSA) is 65.7 Å². The van der Waals surface area contributed by atoms with E-state index in [4.69, 9.17) is 14.5 Å². The van der Waals surface area contributed by atoms with Crippen LogP contribution in [0, 0.1) is 13.8 Å². The van der Waals surface area contributed by atoms with E-state index in [1.54, 1.807) is 6.92 Å². The van der Waals surface area contributed by atoms with Gasteiger partial charge in [0.05, 0.1) is 35.3 Å². The van der Waals surface area contributed by atoms with Crippen LogP contribution >= 0.6 is 23.7 Å². The first kappa shape index (κ1) is 23.2. The first-order valence-electron chi connectivity index (χ1n) is 9.77. The van der Waals surface area contributed by atoms with Crippen molar-refractivity contribution in [3.63, 3.8) is 0 Å². The Morgan fingerprint density at radius 3 is 2.69 bits per heavy atom. The Kier molecular flexibility index (Phi) is 8.46. The number of ether oxygens (including phenoxy) is 2. The minimum atomic E-state index is -0.304. The molecule has 0 aliphatic heterocycles. The Morgan fingerprint density at radius 2 is 1.97 bits per heavy atom. The third kappa shape index (κ3) is 5.28. The molecule has 0 atom stereocenters. The second-order valence-corrected chi connectivity index (χ2v) is 7.77. The summed E-state index contributed by atoms with van der Waals surface area (Å²) in [6.45, 7) is 8.88. The Hall–Kier alpha value is -2.12. The number of imidazole rings is 1. The summed E-state index contributed by atoms with van der Waals surface area (Å²) in [6.07, 6.45) is 5.97. The van der Waals surface area contributed by atoms with Crippen molar-refractivity contribution in [3.8, 4) is 5.75 Å². The molecule has 0 aromatic carbocycles. The molecule has 3 aromatic rings. The van der Waals surface area contributed by atoms with Gasteiger partial charge < -0.3 is 13.9 Å². The first-order chi connectivity index (χ1) is 13.5. The van der Waals surface area contributed by atoms with E-state index >= 15 is 0 Å². The highest BCUT2D eigenvalue weighted by molar-refractivity contribution is 7.13. The van der Waals surface area contributed by atoms with E-state index in [0.717, 1.165) is 40.6 Å². The van der Waals surface area contributed by atoms with Gasteiger partial charge in [-0.05, 0) is 39.3 Å². The standard InChI is InChI=1S/C21H27N3O3S.ClH/c1-5-7-8-12-27-17-10-9-11-24-16(14(3)23-20(17)24)13-18-22-15(4)19(28-18)21(25)26-6-2;/h9-11H,5-8,12-13H2,1-4H3;1H. The Balaban J connectivity index is 0.00000300. The van der Waals surface area contributed by atoms with Crippen LogP contribution in [-0.2, 0) is 11.2 Å². The quantitative estimate of drug-likeness (QED) is 0.341. The molecule has 6 nitrogen and oxygen atoms in total. The summed E-state index contributed by atoms with van der Waals surface area (Å²) in [4.78, 5) is 21.9. The van der Waals surface area contributed by atoms with Gasteiger partial charge in [0.1, 0.15) is 4.88 Å². The van der Waals surface area contributed by atoms with Crippen LogP contribution in [0.4, 0.5) is 0 Å². The number of carbonyl (C=O) groups excluding carboxylic acids is 1. The number of thiazole rings is 1. The van der Waals surface area contributed by atoms with Gasteiger partial charge in [0, 0.05) is 12.6 Å². The molecule has 0 saturated heterocycles. The van der Waals surface area contributed by atoms with Crippen LogP contribution in [0.1, 0.15) is 64.9 Å². The fraction of sp³-hybridized carbons (Fsp3) is 0.476. The van der Waals surface area contributed by atoms with E-state index in [1.165, 1.54) is 17.8 Å². The molecule has 3 aromatic heterocycles. The van der Waals surface area contributed by atoms with Gasteiger partial charge in [0.25, 0.3) is 0 Å².